The maximum absolute atomic E-state index is 10.4. The molecule has 19 heavy (non-hydrogen) atoms. The van der Waals surface area contributed by atoms with Crippen molar-refractivity contribution in [2.75, 3.05) is 18.5 Å². The molecule has 2 nitrogen and oxygen atoms in total. The SMILES string of the molecule is Cc1ccc(C(O)CN(C)c2ccccc2)c(C)c1. The molecule has 0 aliphatic heterocycles. The predicted octanol–water partition coefficient (Wildman–Crippen LogP) is 3.47. The van der Waals surface area contributed by atoms with Crippen molar-refractivity contribution in [1.82, 2.24) is 0 Å². The molecule has 1 N–H and O–H groups in total. The van der Waals surface area contributed by atoms with Crippen LogP contribution in [0.4, 0.5) is 5.69 Å². The van der Waals surface area contributed by atoms with E-state index in [9.17, 15) is 5.11 Å². The third kappa shape index (κ3) is 3.36. The van der Waals surface area contributed by atoms with Gasteiger partial charge in [0.2, 0.25) is 0 Å². The first-order valence-corrected chi connectivity index (χ1v) is 6.59. The summed E-state index contributed by atoms with van der Waals surface area (Å²) < 4.78 is 0. The summed E-state index contributed by atoms with van der Waals surface area (Å²) in [6, 6.07) is 16.3. The molecule has 2 aromatic carbocycles. The molecule has 0 fully saturated rings. The lowest BCUT2D eigenvalue weighted by atomic mass is 10.0. The van der Waals surface area contributed by atoms with Crippen molar-refractivity contribution >= 4 is 5.69 Å². The van der Waals surface area contributed by atoms with E-state index >= 15 is 0 Å². The molecule has 100 valence electrons. The van der Waals surface area contributed by atoms with Crippen LogP contribution in [0.1, 0.15) is 22.8 Å². The minimum absolute atomic E-state index is 0.467. The summed E-state index contributed by atoms with van der Waals surface area (Å²) in [5, 5.41) is 10.4. The number of rotatable bonds is 4. The Labute approximate surface area is 115 Å². The normalized spacial score (nSPS) is 12.2. The Morgan fingerprint density at radius 1 is 1.05 bits per heavy atom. The van der Waals surface area contributed by atoms with Gasteiger partial charge in [0, 0.05) is 19.3 Å². The minimum Gasteiger partial charge on any atom is -0.387 e. The number of aliphatic hydroxyl groups is 1. The van der Waals surface area contributed by atoms with E-state index in [-0.39, 0.29) is 0 Å². The highest BCUT2D eigenvalue weighted by atomic mass is 16.3. The summed E-state index contributed by atoms with van der Waals surface area (Å²) in [7, 11) is 2.00. The van der Waals surface area contributed by atoms with E-state index < -0.39 is 6.10 Å². The molecule has 1 unspecified atom stereocenters. The number of aliphatic hydroxyl groups excluding tert-OH is 1. The molecule has 0 aliphatic rings. The van der Waals surface area contributed by atoms with E-state index in [0.717, 1.165) is 16.8 Å². The first-order chi connectivity index (χ1) is 9.08. The van der Waals surface area contributed by atoms with Crippen molar-refractivity contribution in [3.63, 3.8) is 0 Å². The van der Waals surface area contributed by atoms with Gasteiger partial charge in [-0.05, 0) is 37.1 Å². The first kappa shape index (κ1) is 13.6. The Morgan fingerprint density at radius 2 is 1.74 bits per heavy atom. The number of aryl methyl sites for hydroxylation is 2. The molecule has 0 heterocycles. The molecule has 0 aromatic heterocycles. The Hall–Kier alpha value is -1.80. The van der Waals surface area contributed by atoms with E-state index in [4.69, 9.17) is 0 Å². The smallest absolute Gasteiger partial charge is 0.0967 e. The Morgan fingerprint density at radius 3 is 2.37 bits per heavy atom. The number of nitrogens with zero attached hydrogens (tertiary/aromatic N) is 1. The van der Waals surface area contributed by atoms with Crippen molar-refractivity contribution in [1.29, 1.82) is 0 Å². The molecule has 0 amide bonds. The van der Waals surface area contributed by atoms with Crippen molar-refractivity contribution in [2.24, 2.45) is 0 Å². The molecule has 0 saturated heterocycles. The zero-order valence-electron chi connectivity index (χ0n) is 11.8. The van der Waals surface area contributed by atoms with E-state index in [2.05, 4.69) is 30.0 Å². The van der Waals surface area contributed by atoms with Gasteiger partial charge in [0.05, 0.1) is 6.10 Å². The number of anilines is 1. The van der Waals surface area contributed by atoms with Gasteiger partial charge >= 0.3 is 0 Å². The van der Waals surface area contributed by atoms with Crippen LogP contribution < -0.4 is 4.90 Å². The molecule has 2 rings (SSSR count). The topological polar surface area (TPSA) is 23.5 Å². The average molecular weight is 255 g/mol. The van der Waals surface area contributed by atoms with Crippen LogP contribution in [0, 0.1) is 13.8 Å². The highest BCUT2D eigenvalue weighted by Gasteiger charge is 2.13. The molecule has 0 bridgehead atoms. The van der Waals surface area contributed by atoms with Crippen LogP contribution in [0.2, 0.25) is 0 Å². The maximum Gasteiger partial charge on any atom is 0.0967 e. The van der Waals surface area contributed by atoms with E-state index in [1.165, 1.54) is 5.56 Å². The van der Waals surface area contributed by atoms with E-state index in [0.29, 0.717) is 6.54 Å². The van der Waals surface area contributed by atoms with Gasteiger partial charge < -0.3 is 10.0 Å². The molecule has 1 atom stereocenters. The van der Waals surface area contributed by atoms with Gasteiger partial charge in [-0.25, -0.2) is 0 Å². The summed E-state index contributed by atoms with van der Waals surface area (Å²) in [5.74, 6) is 0. The Balaban J connectivity index is 2.10. The maximum atomic E-state index is 10.4. The quantitative estimate of drug-likeness (QED) is 0.904. The molecule has 0 aliphatic carbocycles. The van der Waals surface area contributed by atoms with E-state index in [1.807, 2.05) is 44.3 Å². The summed E-state index contributed by atoms with van der Waals surface area (Å²) in [6.07, 6.45) is -0.467. The van der Waals surface area contributed by atoms with Crippen LogP contribution in [0.5, 0.6) is 0 Å². The van der Waals surface area contributed by atoms with Crippen molar-refractivity contribution in [3.8, 4) is 0 Å². The largest absolute Gasteiger partial charge is 0.387 e. The van der Waals surface area contributed by atoms with Gasteiger partial charge in [-0.15, -0.1) is 0 Å². The molecule has 0 saturated carbocycles. The second-order valence-corrected chi connectivity index (χ2v) is 5.09. The van der Waals surface area contributed by atoms with E-state index in [1.54, 1.807) is 0 Å². The Kier molecular flexibility index (Phi) is 4.23. The van der Waals surface area contributed by atoms with Gasteiger partial charge in [0.1, 0.15) is 0 Å². The highest BCUT2D eigenvalue weighted by Crippen LogP contribution is 2.21. The van der Waals surface area contributed by atoms with Gasteiger partial charge in [0.15, 0.2) is 0 Å². The fourth-order valence-electron chi connectivity index (χ4n) is 2.35. The molecule has 0 spiro atoms. The third-order valence-electron chi connectivity index (χ3n) is 3.43. The lowest BCUT2D eigenvalue weighted by Crippen LogP contribution is -2.24. The number of likely N-dealkylation sites (N-methyl/N-ethyl adjacent to an activating group) is 1. The van der Waals surface area contributed by atoms with Crippen molar-refractivity contribution < 1.29 is 5.11 Å². The molecule has 2 heteroatoms. The van der Waals surface area contributed by atoms with Gasteiger partial charge in [-0.3, -0.25) is 0 Å². The fourth-order valence-corrected chi connectivity index (χ4v) is 2.35. The standard InChI is InChI=1S/C17H21NO/c1-13-9-10-16(14(2)11-13)17(19)12-18(3)15-7-5-4-6-8-15/h4-11,17,19H,12H2,1-3H3. The number of hydrogen-bond donors (Lipinski definition) is 1. The summed E-state index contributed by atoms with van der Waals surface area (Å²) in [4.78, 5) is 2.07. The fraction of sp³-hybridized carbons (Fsp3) is 0.294. The van der Waals surface area contributed by atoms with Crippen LogP contribution >= 0.6 is 0 Å². The second kappa shape index (κ2) is 5.89. The zero-order chi connectivity index (χ0) is 13.8. The number of para-hydroxylation sites is 1. The Bertz CT molecular complexity index is 536. The lowest BCUT2D eigenvalue weighted by molar-refractivity contribution is 0.184. The lowest BCUT2D eigenvalue weighted by Gasteiger charge is -2.24. The van der Waals surface area contributed by atoms with Gasteiger partial charge in [-0.1, -0.05) is 42.0 Å². The van der Waals surface area contributed by atoms with Gasteiger partial charge in [-0.2, -0.15) is 0 Å². The van der Waals surface area contributed by atoms with Crippen LogP contribution in [0.3, 0.4) is 0 Å². The zero-order valence-corrected chi connectivity index (χ0v) is 11.8. The monoisotopic (exact) mass is 255 g/mol. The summed E-state index contributed by atoms with van der Waals surface area (Å²) >= 11 is 0. The second-order valence-electron chi connectivity index (χ2n) is 5.09. The third-order valence-corrected chi connectivity index (χ3v) is 3.43. The van der Waals surface area contributed by atoms with Crippen LogP contribution in [0.25, 0.3) is 0 Å². The van der Waals surface area contributed by atoms with Gasteiger partial charge in [0.25, 0.3) is 0 Å². The number of hydrogen-bond acceptors (Lipinski definition) is 2. The molecular weight excluding hydrogens is 234 g/mol. The van der Waals surface area contributed by atoms with Crippen LogP contribution in [-0.2, 0) is 0 Å². The molecule has 2 aromatic rings. The predicted molar refractivity (Wildman–Crippen MR) is 80.6 cm³/mol. The molecular formula is C17H21NO. The van der Waals surface area contributed by atoms with Crippen molar-refractivity contribution in [2.45, 2.75) is 20.0 Å². The highest BCUT2D eigenvalue weighted by molar-refractivity contribution is 5.45. The van der Waals surface area contributed by atoms with Crippen molar-refractivity contribution in [3.05, 3.63) is 65.2 Å². The average Bonchev–Trinajstić information content (AvgIpc) is 2.39. The summed E-state index contributed by atoms with van der Waals surface area (Å²) in [5.41, 5.74) is 4.50. The number of benzene rings is 2. The van der Waals surface area contributed by atoms with Crippen LogP contribution in [-0.4, -0.2) is 18.7 Å². The molecule has 0 radical (unpaired) electrons. The first-order valence-electron chi connectivity index (χ1n) is 6.59. The van der Waals surface area contributed by atoms with Crippen LogP contribution in [0.15, 0.2) is 48.5 Å². The minimum atomic E-state index is -0.467. The summed E-state index contributed by atoms with van der Waals surface area (Å²) in [6.45, 7) is 4.71.